The van der Waals surface area contributed by atoms with E-state index in [4.69, 9.17) is 16.0 Å². The third kappa shape index (κ3) is 2.92. The number of benzene rings is 1. The maximum atomic E-state index is 11.8. The number of aryl methyl sites for hydroxylation is 1. The fourth-order valence-electron chi connectivity index (χ4n) is 1.41. The molecule has 0 unspecified atom stereocenters. The topological polar surface area (TPSA) is 85.4 Å². The van der Waals surface area contributed by atoms with Gasteiger partial charge in [-0.2, -0.15) is 0 Å². The molecule has 0 aliphatic carbocycles. The highest BCUT2D eigenvalue weighted by Crippen LogP contribution is 2.21. The van der Waals surface area contributed by atoms with Crippen molar-refractivity contribution in [3.63, 3.8) is 0 Å². The van der Waals surface area contributed by atoms with Crippen LogP contribution in [0.3, 0.4) is 0 Å². The van der Waals surface area contributed by atoms with E-state index in [1.54, 1.807) is 18.2 Å². The molecule has 6 nitrogen and oxygen atoms in total. The summed E-state index contributed by atoms with van der Waals surface area (Å²) in [4.78, 5) is 21.5. The first-order chi connectivity index (χ1) is 8.97. The second-order valence-electron chi connectivity index (χ2n) is 3.81. The van der Waals surface area contributed by atoms with Gasteiger partial charge in [-0.05, 0) is 30.7 Å². The number of carbonyl (C=O) groups excluding carboxylic acids is 1. The SMILES string of the molecule is Cc1ccc(NC(=O)c2ccc([N+](=O)[O-])o2)cc1Cl. The second kappa shape index (κ2) is 5.11. The molecule has 0 saturated heterocycles. The lowest BCUT2D eigenvalue weighted by molar-refractivity contribution is -0.402. The van der Waals surface area contributed by atoms with E-state index in [2.05, 4.69) is 5.32 Å². The van der Waals surface area contributed by atoms with Gasteiger partial charge in [0.15, 0.2) is 5.76 Å². The summed E-state index contributed by atoms with van der Waals surface area (Å²) in [6.45, 7) is 1.84. The molecule has 0 spiro atoms. The van der Waals surface area contributed by atoms with Crippen LogP contribution in [-0.4, -0.2) is 10.8 Å². The van der Waals surface area contributed by atoms with Crippen LogP contribution in [0, 0.1) is 17.0 Å². The van der Waals surface area contributed by atoms with Gasteiger partial charge in [0.2, 0.25) is 0 Å². The van der Waals surface area contributed by atoms with Gasteiger partial charge in [0.25, 0.3) is 5.91 Å². The number of carbonyl (C=O) groups is 1. The molecule has 0 bridgehead atoms. The van der Waals surface area contributed by atoms with Crippen molar-refractivity contribution in [2.45, 2.75) is 6.92 Å². The number of furan rings is 1. The zero-order valence-corrected chi connectivity index (χ0v) is 10.6. The van der Waals surface area contributed by atoms with Crippen LogP contribution in [0.1, 0.15) is 16.1 Å². The van der Waals surface area contributed by atoms with Gasteiger partial charge in [0, 0.05) is 10.7 Å². The number of halogens is 1. The molecule has 1 amide bonds. The molecular weight excluding hydrogens is 272 g/mol. The van der Waals surface area contributed by atoms with E-state index in [-0.39, 0.29) is 5.76 Å². The Morgan fingerprint density at radius 3 is 2.68 bits per heavy atom. The summed E-state index contributed by atoms with van der Waals surface area (Å²) < 4.78 is 4.79. The van der Waals surface area contributed by atoms with E-state index in [0.717, 1.165) is 11.6 Å². The van der Waals surface area contributed by atoms with Gasteiger partial charge in [0.1, 0.15) is 4.92 Å². The second-order valence-corrected chi connectivity index (χ2v) is 4.22. The highest BCUT2D eigenvalue weighted by atomic mass is 35.5. The minimum atomic E-state index is -0.709. The van der Waals surface area contributed by atoms with Gasteiger partial charge >= 0.3 is 5.88 Å². The number of hydrogen-bond donors (Lipinski definition) is 1. The van der Waals surface area contributed by atoms with Crippen molar-refractivity contribution < 1.29 is 14.1 Å². The number of nitrogens with one attached hydrogen (secondary N) is 1. The van der Waals surface area contributed by atoms with Crippen molar-refractivity contribution in [3.8, 4) is 0 Å². The standard InChI is InChI=1S/C12H9ClN2O4/c1-7-2-3-8(6-9(7)13)14-12(16)10-4-5-11(19-10)15(17)18/h2-6H,1H3,(H,14,16). The fourth-order valence-corrected chi connectivity index (χ4v) is 1.59. The molecule has 0 atom stereocenters. The van der Waals surface area contributed by atoms with Crippen LogP contribution in [0.2, 0.25) is 5.02 Å². The molecule has 2 aromatic rings. The third-order valence-corrected chi connectivity index (χ3v) is 2.83. The number of nitro groups is 1. The van der Waals surface area contributed by atoms with Crippen LogP contribution in [0.25, 0.3) is 0 Å². The molecule has 1 aromatic carbocycles. The van der Waals surface area contributed by atoms with Gasteiger partial charge in [-0.15, -0.1) is 0 Å². The normalized spacial score (nSPS) is 10.2. The number of anilines is 1. The highest BCUT2D eigenvalue weighted by molar-refractivity contribution is 6.31. The minimum Gasteiger partial charge on any atom is -0.395 e. The Morgan fingerprint density at radius 2 is 2.11 bits per heavy atom. The first kappa shape index (κ1) is 13.1. The molecule has 2 rings (SSSR count). The molecule has 1 N–H and O–H groups in total. The molecule has 0 aliphatic rings. The van der Waals surface area contributed by atoms with E-state index < -0.39 is 16.7 Å². The summed E-state index contributed by atoms with van der Waals surface area (Å²) in [5.74, 6) is -1.19. The summed E-state index contributed by atoms with van der Waals surface area (Å²) in [5, 5.41) is 13.5. The first-order valence-corrected chi connectivity index (χ1v) is 5.67. The van der Waals surface area contributed by atoms with Gasteiger partial charge in [0.05, 0.1) is 6.07 Å². The summed E-state index contributed by atoms with van der Waals surface area (Å²) >= 11 is 5.92. The van der Waals surface area contributed by atoms with Gasteiger partial charge < -0.3 is 9.73 Å². The maximum absolute atomic E-state index is 11.8. The van der Waals surface area contributed by atoms with E-state index in [9.17, 15) is 14.9 Å². The van der Waals surface area contributed by atoms with Crippen LogP contribution >= 0.6 is 11.6 Å². The summed E-state index contributed by atoms with van der Waals surface area (Å²) in [6, 6.07) is 7.38. The number of nitrogens with zero attached hydrogens (tertiary/aromatic N) is 1. The minimum absolute atomic E-state index is 0.136. The lowest BCUT2D eigenvalue weighted by Crippen LogP contribution is -2.10. The Kier molecular flexibility index (Phi) is 3.52. The summed E-state index contributed by atoms with van der Waals surface area (Å²) in [7, 11) is 0. The van der Waals surface area contributed by atoms with Crippen molar-refractivity contribution >= 4 is 29.1 Å². The molecule has 0 radical (unpaired) electrons. The molecule has 1 heterocycles. The Balaban J connectivity index is 2.15. The van der Waals surface area contributed by atoms with Gasteiger partial charge in [-0.3, -0.25) is 14.9 Å². The lowest BCUT2D eigenvalue weighted by Gasteiger charge is -2.04. The molecule has 19 heavy (non-hydrogen) atoms. The van der Waals surface area contributed by atoms with E-state index in [0.29, 0.717) is 10.7 Å². The molecule has 1 aromatic heterocycles. The molecule has 7 heteroatoms. The van der Waals surface area contributed by atoms with Crippen molar-refractivity contribution in [1.82, 2.24) is 0 Å². The van der Waals surface area contributed by atoms with Crippen LogP contribution < -0.4 is 5.32 Å². The van der Waals surface area contributed by atoms with Crippen LogP contribution in [0.5, 0.6) is 0 Å². The fraction of sp³-hybridized carbons (Fsp3) is 0.0833. The van der Waals surface area contributed by atoms with Crippen LogP contribution in [0.4, 0.5) is 11.6 Å². The Bertz CT molecular complexity index is 651. The number of rotatable bonds is 3. The Morgan fingerprint density at radius 1 is 1.37 bits per heavy atom. The maximum Gasteiger partial charge on any atom is 0.433 e. The third-order valence-electron chi connectivity index (χ3n) is 2.43. The monoisotopic (exact) mass is 280 g/mol. The zero-order chi connectivity index (χ0) is 14.0. The van der Waals surface area contributed by atoms with Crippen LogP contribution in [-0.2, 0) is 0 Å². The average molecular weight is 281 g/mol. The van der Waals surface area contributed by atoms with Crippen LogP contribution in [0.15, 0.2) is 34.7 Å². The van der Waals surface area contributed by atoms with E-state index >= 15 is 0 Å². The van der Waals surface area contributed by atoms with Crippen molar-refractivity contribution in [2.24, 2.45) is 0 Å². The molecule has 0 saturated carbocycles. The van der Waals surface area contributed by atoms with E-state index in [1.165, 1.54) is 6.07 Å². The molecular formula is C12H9ClN2O4. The van der Waals surface area contributed by atoms with Gasteiger partial charge in [-0.25, -0.2) is 0 Å². The molecule has 98 valence electrons. The molecule has 0 aliphatic heterocycles. The van der Waals surface area contributed by atoms with Gasteiger partial charge in [-0.1, -0.05) is 17.7 Å². The molecule has 0 fully saturated rings. The van der Waals surface area contributed by atoms with Crippen molar-refractivity contribution in [1.29, 1.82) is 0 Å². The Labute approximate surface area is 113 Å². The Hall–Kier alpha value is -2.34. The van der Waals surface area contributed by atoms with Crippen molar-refractivity contribution in [3.05, 3.63) is 56.8 Å². The quantitative estimate of drug-likeness (QED) is 0.689. The number of amides is 1. The number of hydrogen-bond acceptors (Lipinski definition) is 4. The van der Waals surface area contributed by atoms with E-state index in [1.807, 2.05) is 6.92 Å². The lowest BCUT2D eigenvalue weighted by atomic mass is 10.2. The first-order valence-electron chi connectivity index (χ1n) is 5.29. The summed E-state index contributed by atoms with van der Waals surface area (Å²) in [6.07, 6.45) is 0. The average Bonchev–Trinajstić information content (AvgIpc) is 2.83. The predicted octanol–water partition coefficient (Wildman–Crippen LogP) is 3.40. The highest BCUT2D eigenvalue weighted by Gasteiger charge is 2.17. The predicted molar refractivity (Wildman–Crippen MR) is 69.5 cm³/mol. The largest absolute Gasteiger partial charge is 0.433 e. The van der Waals surface area contributed by atoms with Crippen molar-refractivity contribution in [2.75, 3.05) is 5.32 Å². The summed E-state index contributed by atoms with van der Waals surface area (Å²) in [5.41, 5.74) is 1.37. The smallest absolute Gasteiger partial charge is 0.395 e. The zero-order valence-electron chi connectivity index (χ0n) is 9.84.